The molecule has 0 spiro atoms. The van der Waals surface area contributed by atoms with Gasteiger partial charge in [0.1, 0.15) is 0 Å². The Labute approximate surface area is 111 Å². The minimum absolute atomic E-state index is 0.118. The number of nitro groups is 1. The molecule has 0 amide bonds. The van der Waals surface area contributed by atoms with Crippen molar-refractivity contribution >= 4 is 5.69 Å². The average molecular weight is 257 g/mol. The van der Waals surface area contributed by atoms with Crippen molar-refractivity contribution < 1.29 is 4.92 Å². The van der Waals surface area contributed by atoms with Gasteiger partial charge in [0.05, 0.1) is 10.6 Å². The van der Waals surface area contributed by atoms with E-state index in [1.165, 1.54) is 6.07 Å². The first kappa shape index (κ1) is 13.2. The number of aryl methyl sites for hydroxylation is 1. The largest absolute Gasteiger partial charge is 0.307 e. The van der Waals surface area contributed by atoms with Crippen LogP contribution in [0.2, 0.25) is 0 Å². The highest BCUT2D eigenvalue weighted by Gasteiger charge is 2.05. The zero-order valence-corrected chi connectivity index (χ0v) is 10.7. The maximum absolute atomic E-state index is 10.7. The fraction of sp³-hybridized carbons (Fsp3) is 0.214. The maximum atomic E-state index is 10.7. The molecule has 1 aromatic heterocycles. The van der Waals surface area contributed by atoms with Crippen LogP contribution in [0.25, 0.3) is 0 Å². The molecule has 0 atom stereocenters. The highest BCUT2D eigenvalue weighted by molar-refractivity contribution is 5.34. The highest BCUT2D eigenvalue weighted by Crippen LogP contribution is 2.12. The van der Waals surface area contributed by atoms with Crippen LogP contribution in [-0.2, 0) is 13.1 Å². The van der Waals surface area contributed by atoms with Crippen molar-refractivity contribution in [3.05, 3.63) is 69.5 Å². The molecule has 19 heavy (non-hydrogen) atoms. The molecule has 0 saturated heterocycles. The Morgan fingerprint density at radius 3 is 2.79 bits per heavy atom. The molecule has 98 valence electrons. The lowest BCUT2D eigenvalue weighted by Gasteiger charge is -2.05. The van der Waals surface area contributed by atoms with E-state index in [2.05, 4.69) is 10.3 Å². The van der Waals surface area contributed by atoms with E-state index in [4.69, 9.17) is 0 Å². The minimum Gasteiger partial charge on any atom is -0.307 e. The lowest BCUT2D eigenvalue weighted by atomic mass is 10.2. The normalized spacial score (nSPS) is 10.4. The summed E-state index contributed by atoms with van der Waals surface area (Å²) in [5.41, 5.74) is 3.09. The monoisotopic (exact) mass is 257 g/mol. The average Bonchev–Trinajstić information content (AvgIpc) is 2.41. The first-order valence-electron chi connectivity index (χ1n) is 6.01. The van der Waals surface area contributed by atoms with E-state index in [1.54, 1.807) is 12.1 Å². The third-order valence-corrected chi connectivity index (χ3v) is 2.73. The molecule has 0 saturated carbocycles. The number of aromatic nitrogens is 1. The predicted octanol–water partition coefficient (Wildman–Crippen LogP) is 2.59. The molecule has 0 unspecified atom stereocenters. The van der Waals surface area contributed by atoms with E-state index >= 15 is 0 Å². The van der Waals surface area contributed by atoms with Gasteiger partial charge in [-0.2, -0.15) is 0 Å². The van der Waals surface area contributed by atoms with E-state index in [1.807, 2.05) is 31.3 Å². The third kappa shape index (κ3) is 3.86. The summed E-state index contributed by atoms with van der Waals surface area (Å²) in [6.07, 6.45) is 1.82. The van der Waals surface area contributed by atoms with Gasteiger partial charge in [0.15, 0.2) is 0 Å². The Morgan fingerprint density at radius 2 is 2.11 bits per heavy atom. The van der Waals surface area contributed by atoms with Gasteiger partial charge in [-0.3, -0.25) is 15.1 Å². The second-order valence-corrected chi connectivity index (χ2v) is 4.36. The van der Waals surface area contributed by atoms with Crippen LogP contribution in [0.4, 0.5) is 5.69 Å². The number of rotatable bonds is 5. The Hall–Kier alpha value is -2.27. The van der Waals surface area contributed by atoms with Crippen molar-refractivity contribution in [3.63, 3.8) is 0 Å². The Kier molecular flexibility index (Phi) is 4.20. The molecule has 5 nitrogen and oxygen atoms in total. The van der Waals surface area contributed by atoms with Crippen molar-refractivity contribution in [1.82, 2.24) is 10.3 Å². The fourth-order valence-electron chi connectivity index (χ4n) is 1.72. The van der Waals surface area contributed by atoms with Crippen LogP contribution in [0.5, 0.6) is 0 Å². The zero-order chi connectivity index (χ0) is 13.7. The summed E-state index contributed by atoms with van der Waals surface area (Å²) in [5, 5.41) is 13.9. The first-order chi connectivity index (χ1) is 9.15. The molecule has 0 aliphatic rings. The molecule has 0 radical (unpaired) electrons. The number of pyridine rings is 1. The Balaban J connectivity index is 1.90. The van der Waals surface area contributed by atoms with Crippen LogP contribution >= 0.6 is 0 Å². The van der Waals surface area contributed by atoms with Crippen molar-refractivity contribution in [1.29, 1.82) is 0 Å². The second-order valence-electron chi connectivity index (χ2n) is 4.36. The van der Waals surface area contributed by atoms with Crippen LogP contribution in [0.15, 0.2) is 42.6 Å². The summed E-state index contributed by atoms with van der Waals surface area (Å²) in [7, 11) is 0. The molecule has 2 aromatic rings. The molecule has 1 heterocycles. The number of nitro benzene ring substituents is 1. The van der Waals surface area contributed by atoms with Crippen LogP contribution in [0.3, 0.4) is 0 Å². The number of hydrogen-bond acceptors (Lipinski definition) is 4. The highest BCUT2D eigenvalue weighted by atomic mass is 16.6. The lowest BCUT2D eigenvalue weighted by Crippen LogP contribution is -2.13. The molecule has 1 aromatic carbocycles. The topological polar surface area (TPSA) is 68.1 Å². The molecular formula is C14H15N3O2. The maximum Gasteiger partial charge on any atom is 0.269 e. The summed E-state index contributed by atoms with van der Waals surface area (Å²) < 4.78 is 0. The molecule has 0 bridgehead atoms. The quantitative estimate of drug-likeness (QED) is 0.660. The van der Waals surface area contributed by atoms with Crippen LogP contribution in [0.1, 0.15) is 16.8 Å². The smallest absolute Gasteiger partial charge is 0.269 e. The summed E-state index contributed by atoms with van der Waals surface area (Å²) in [4.78, 5) is 14.6. The van der Waals surface area contributed by atoms with Gasteiger partial charge in [0.25, 0.3) is 5.69 Å². The number of nitrogens with one attached hydrogen (secondary N) is 1. The number of benzene rings is 1. The van der Waals surface area contributed by atoms with Crippen molar-refractivity contribution in [2.45, 2.75) is 20.0 Å². The van der Waals surface area contributed by atoms with Gasteiger partial charge < -0.3 is 5.32 Å². The zero-order valence-electron chi connectivity index (χ0n) is 10.7. The van der Waals surface area contributed by atoms with Crippen molar-refractivity contribution in [3.8, 4) is 0 Å². The molecule has 0 aliphatic carbocycles. The van der Waals surface area contributed by atoms with E-state index in [0.29, 0.717) is 13.1 Å². The van der Waals surface area contributed by atoms with Gasteiger partial charge >= 0.3 is 0 Å². The van der Waals surface area contributed by atoms with E-state index < -0.39 is 0 Å². The summed E-state index contributed by atoms with van der Waals surface area (Å²) in [6.45, 7) is 3.22. The molecule has 1 N–H and O–H groups in total. The number of nitrogens with zero attached hydrogens (tertiary/aromatic N) is 2. The summed E-state index contributed by atoms with van der Waals surface area (Å²) >= 11 is 0. The molecule has 0 aliphatic heterocycles. The van der Waals surface area contributed by atoms with Gasteiger partial charge in [0.2, 0.25) is 0 Å². The Morgan fingerprint density at radius 1 is 1.26 bits per heavy atom. The SMILES string of the molecule is Cc1ccc(CNCc2cccc([N+](=O)[O-])c2)nc1. The van der Waals surface area contributed by atoms with Crippen LogP contribution < -0.4 is 5.32 Å². The molecule has 5 heteroatoms. The third-order valence-electron chi connectivity index (χ3n) is 2.73. The van der Waals surface area contributed by atoms with Gasteiger partial charge in [0, 0.05) is 31.4 Å². The Bertz CT molecular complexity index is 567. The summed E-state index contributed by atoms with van der Waals surface area (Å²) in [6, 6.07) is 10.6. The number of hydrogen-bond donors (Lipinski definition) is 1. The van der Waals surface area contributed by atoms with E-state index in [0.717, 1.165) is 16.8 Å². The predicted molar refractivity (Wildman–Crippen MR) is 72.6 cm³/mol. The molecule has 2 rings (SSSR count). The van der Waals surface area contributed by atoms with Gasteiger partial charge in [-0.1, -0.05) is 18.2 Å². The molecule has 0 fully saturated rings. The summed E-state index contributed by atoms with van der Waals surface area (Å²) in [5.74, 6) is 0. The standard InChI is InChI=1S/C14H15N3O2/c1-11-5-6-13(16-8-11)10-15-9-12-3-2-4-14(7-12)17(18)19/h2-8,15H,9-10H2,1H3. The number of non-ortho nitro benzene ring substituents is 1. The van der Waals surface area contributed by atoms with Crippen LogP contribution in [0, 0.1) is 17.0 Å². The first-order valence-corrected chi connectivity index (χ1v) is 6.01. The van der Waals surface area contributed by atoms with Gasteiger partial charge in [-0.25, -0.2) is 0 Å². The van der Waals surface area contributed by atoms with E-state index in [-0.39, 0.29) is 10.6 Å². The molecular weight excluding hydrogens is 242 g/mol. The van der Waals surface area contributed by atoms with Crippen LogP contribution in [-0.4, -0.2) is 9.91 Å². The minimum atomic E-state index is -0.384. The van der Waals surface area contributed by atoms with Crippen molar-refractivity contribution in [2.75, 3.05) is 0 Å². The lowest BCUT2D eigenvalue weighted by molar-refractivity contribution is -0.384. The van der Waals surface area contributed by atoms with Crippen molar-refractivity contribution in [2.24, 2.45) is 0 Å². The second kappa shape index (κ2) is 6.06. The fourth-order valence-corrected chi connectivity index (χ4v) is 1.72. The van der Waals surface area contributed by atoms with Gasteiger partial charge in [-0.05, 0) is 24.1 Å². The van der Waals surface area contributed by atoms with E-state index in [9.17, 15) is 10.1 Å². The van der Waals surface area contributed by atoms with Gasteiger partial charge in [-0.15, -0.1) is 0 Å².